The standard InChI is InChI=1S/C43H33N/c1-26-8-18-34(19-9-26)44(37-22-16-29-11-10-27-6-5-7-28-14-20-35(37)41(29)39(27)28)38-23-17-30-12-13-31-24-33(43(2,3)4)25-32-15-21-36(38)42(30)40(31)32/h5-25H,1-4H3. The van der Waals surface area contributed by atoms with Crippen molar-refractivity contribution >= 4 is 81.7 Å². The van der Waals surface area contributed by atoms with Gasteiger partial charge in [-0.15, -0.1) is 0 Å². The molecule has 0 heterocycles. The fourth-order valence-corrected chi connectivity index (χ4v) is 7.45. The first-order valence-corrected chi connectivity index (χ1v) is 15.6. The predicted octanol–water partition coefficient (Wildman–Crippen LogP) is 12.6. The van der Waals surface area contributed by atoms with Crippen LogP contribution >= 0.6 is 0 Å². The van der Waals surface area contributed by atoms with Crippen LogP contribution < -0.4 is 4.90 Å². The van der Waals surface area contributed by atoms with Gasteiger partial charge in [-0.3, -0.25) is 0 Å². The highest BCUT2D eigenvalue weighted by atomic mass is 15.1. The molecule has 0 aliphatic carbocycles. The fraction of sp³-hybridized carbons (Fsp3) is 0.116. The Morgan fingerprint density at radius 2 is 0.864 bits per heavy atom. The van der Waals surface area contributed by atoms with E-state index in [1.54, 1.807) is 0 Å². The van der Waals surface area contributed by atoms with Gasteiger partial charge in [-0.05, 0) is 96.0 Å². The molecule has 0 fully saturated rings. The molecular weight excluding hydrogens is 530 g/mol. The summed E-state index contributed by atoms with van der Waals surface area (Å²) in [5, 5.41) is 15.7. The van der Waals surface area contributed by atoms with Gasteiger partial charge < -0.3 is 4.90 Å². The van der Waals surface area contributed by atoms with E-state index in [0.717, 1.165) is 5.69 Å². The highest BCUT2D eigenvalue weighted by molar-refractivity contribution is 6.28. The molecule has 44 heavy (non-hydrogen) atoms. The molecular formula is C43H33N. The molecule has 210 valence electrons. The van der Waals surface area contributed by atoms with Gasteiger partial charge in [0.1, 0.15) is 0 Å². The van der Waals surface area contributed by atoms with Gasteiger partial charge in [0.2, 0.25) is 0 Å². The van der Waals surface area contributed by atoms with E-state index in [2.05, 4.69) is 160 Å². The Morgan fingerprint density at radius 1 is 0.432 bits per heavy atom. The molecule has 0 aromatic heterocycles. The predicted molar refractivity (Wildman–Crippen MR) is 192 cm³/mol. The number of rotatable bonds is 3. The molecule has 9 rings (SSSR count). The quantitative estimate of drug-likeness (QED) is 0.193. The van der Waals surface area contributed by atoms with Crippen molar-refractivity contribution < 1.29 is 0 Å². The molecule has 9 aromatic carbocycles. The summed E-state index contributed by atoms with van der Waals surface area (Å²) in [5.74, 6) is 0. The van der Waals surface area contributed by atoms with E-state index in [0.29, 0.717) is 0 Å². The molecule has 0 aliphatic rings. The van der Waals surface area contributed by atoms with Crippen LogP contribution in [0.4, 0.5) is 17.1 Å². The number of hydrogen-bond acceptors (Lipinski definition) is 1. The van der Waals surface area contributed by atoms with Gasteiger partial charge in [0, 0.05) is 16.5 Å². The van der Waals surface area contributed by atoms with Crippen LogP contribution in [0.5, 0.6) is 0 Å². The van der Waals surface area contributed by atoms with Gasteiger partial charge >= 0.3 is 0 Å². The first kappa shape index (κ1) is 25.4. The van der Waals surface area contributed by atoms with Crippen molar-refractivity contribution in [1.29, 1.82) is 0 Å². The molecule has 1 heteroatoms. The summed E-state index contributed by atoms with van der Waals surface area (Å²) in [5.41, 5.74) is 6.28. The number of aryl methyl sites for hydroxylation is 1. The second kappa shape index (κ2) is 8.94. The average Bonchev–Trinajstić information content (AvgIpc) is 3.04. The highest BCUT2D eigenvalue weighted by Gasteiger charge is 2.22. The van der Waals surface area contributed by atoms with Crippen molar-refractivity contribution in [3.05, 3.63) is 139 Å². The Morgan fingerprint density at radius 3 is 1.41 bits per heavy atom. The maximum atomic E-state index is 2.48. The van der Waals surface area contributed by atoms with Crippen molar-refractivity contribution in [2.75, 3.05) is 4.90 Å². The van der Waals surface area contributed by atoms with Gasteiger partial charge in [0.05, 0.1) is 11.4 Å². The maximum absolute atomic E-state index is 2.48. The second-order valence-corrected chi connectivity index (χ2v) is 13.5. The molecule has 0 radical (unpaired) electrons. The Kier molecular flexibility index (Phi) is 5.15. The van der Waals surface area contributed by atoms with Crippen molar-refractivity contribution in [1.82, 2.24) is 0 Å². The third-order valence-electron chi connectivity index (χ3n) is 9.72. The van der Waals surface area contributed by atoms with Crippen molar-refractivity contribution in [3.8, 4) is 0 Å². The van der Waals surface area contributed by atoms with Crippen LogP contribution in [0.15, 0.2) is 127 Å². The Hall–Kier alpha value is -5.14. The summed E-state index contributed by atoms with van der Waals surface area (Å²) in [6, 6.07) is 48.1. The summed E-state index contributed by atoms with van der Waals surface area (Å²) in [6.45, 7) is 9.06. The molecule has 0 atom stereocenters. The third kappa shape index (κ3) is 3.59. The fourth-order valence-electron chi connectivity index (χ4n) is 7.45. The smallest absolute Gasteiger partial charge is 0.0540 e. The van der Waals surface area contributed by atoms with Crippen LogP contribution in [0.3, 0.4) is 0 Å². The lowest BCUT2D eigenvalue weighted by atomic mass is 9.83. The topological polar surface area (TPSA) is 3.24 Å². The zero-order chi connectivity index (χ0) is 29.7. The summed E-state index contributed by atoms with van der Waals surface area (Å²) in [4.78, 5) is 2.48. The molecule has 0 bridgehead atoms. The van der Waals surface area contributed by atoms with Crippen molar-refractivity contribution in [2.24, 2.45) is 0 Å². The zero-order valence-electron chi connectivity index (χ0n) is 25.6. The summed E-state index contributed by atoms with van der Waals surface area (Å²) in [7, 11) is 0. The number of nitrogens with zero attached hydrogens (tertiary/aromatic N) is 1. The minimum atomic E-state index is 0.0902. The summed E-state index contributed by atoms with van der Waals surface area (Å²) >= 11 is 0. The van der Waals surface area contributed by atoms with Gasteiger partial charge in [0.25, 0.3) is 0 Å². The van der Waals surface area contributed by atoms with E-state index in [1.807, 2.05) is 0 Å². The lowest BCUT2D eigenvalue weighted by Crippen LogP contribution is -2.12. The molecule has 9 aromatic rings. The van der Waals surface area contributed by atoms with Crippen LogP contribution in [0.2, 0.25) is 0 Å². The van der Waals surface area contributed by atoms with E-state index in [4.69, 9.17) is 0 Å². The molecule has 0 amide bonds. The molecule has 0 spiro atoms. The average molecular weight is 564 g/mol. The van der Waals surface area contributed by atoms with Crippen LogP contribution in [0.1, 0.15) is 31.9 Å². The minimum Gasteiger partial charge on any atom is -0.309 e. The largest absolute Gasteiger partial charge is 0.309 e. The zero-order valence-corrected chi connectivity index (χ0v) is 25.6. The van der Waals surface area contributed by atoms with Gasteiger partial charge in [-0.2, -0.15) is 0 Å². The second-order valence-electron chi connectivity index (χ2n) is 13.5. The van der Waals surface area contributed by atoms with Gasteiger partial charge in [-0.1, -0.05) is 129 Å². The minimum absolute atomic E-state index is 0.0902. The monoisotopic (exact) mass is 563 g/mol. The molecule has 0 aliphatic heterocycles. The third-order valence-corrected chi connectivity index (χ3v) is 9.72. The normalized spacial score (nSPS) is 12.5. The molecule has 0 N–H and O–H groups in total. The van der Waals surface area contributed by atoms with E-state index in [9.17, 15) is 0 Å². The summed E-state index contributed by atoms with van der Waals surface area (Å²) in [6.07, 6.45) is 0. The molecule has 0 unspecified atom stereocenters. The lowest BCUT2D eigenvalue weighted by molar-refractivity contribution is 0.591. The first-order chi connectivity index (χ1) is 21.3. The van der Waals surface area contributed by atoms with E-state index in [1.165, 1.54) is 87.1 Å². The Bertz CT molecular complexity index is 2490. The Labute approximate surface area is 257 Å². The highest BCUT2D eigenvalue weighted by Crippen LogP contribution is 2.48. The number of hydrogen-bond donors (Lipinski definition) is 0. The van der Waals surface area contributed by atoms with Crippen LogP contribution in [-0.2, 0) is 5.41 Å². The van der Waals surface area contributed by atoms with Crippen LogP contribution in [-0.4, -0.2) is 0 Å². The Balaban J connectivity index is 1.38. The van der Waals surface area contributed by atoms with E-state index < -0.39 is 0 Å². The molecule has 1 nitrogen and oxygen atoms in total. The maximum Gasteiger partial charge on any atom is 0.0540 e. The SMILES string of the molecule is Cc1ccc(N(c2ccc3ccc4cccc5ccc2c3c45)c2ccc3ccc4cc(C(C)(C)C)cc5ccc2c3c45)cc1. The molecule has 0 saturated carbocycles. The summed E-state index contributed by atoms with van der Waals surface area (Å²) < 4.78 is 0. The van der Waals surface area contributed by atoms with Crippen LogP contribution in [0.25, 0.3) is 64.6 Å². The number of benzene rings is 9. The van der Waals surface area contributed by atoms with E-state index >= 15 is 0 Å². The van der Waals surface area contributed by atoms with Gasteiger partial charge in [0.15, 0.2) is 0 Å². The lowest BCUT2D eigenvalue weighted by Gasteiger charge is -2.29. The molecule has 0 saturated heterocycles. The van der Waals surface area contributed by atoms with Crippen molar-refractivity contribution in [2.45, 2.75) is 33.1 Å². The van der Waals surface area contributed by atoms with Gasteiger partial charge in [-0.25, -0.2) is 0 Å². The number of anilines is 3. The first-order valence-electron chi connectivity index (χ1n) is 15.6. The van der Waals surface area contributed by atoms with Crippen LogP contribution in [0, 0.1) is 6.92 Å². The van der Waals surface area contributed by atoms with E-state index in [-0.39, 0.29) is 5.41 Å². The van der Waals surface area contributed by atoms with Crippen molar-refractivity contribution in [3.63, 3.8) is 0 Å².